The summed E-state index contributed by atoms with van der Waals surface area (Å²) in [5.74, 6) is 1.48. The number of anilines is 2. The molecule has 0 saturated carbocycles. The van der Waals surface area contributed by atoms with E-state index >= 15 is 0 Å². The zero-order valence-electron chi connectivity index (χ0n) is 10.9. The smallest absolute Gasteiger partial charge is 0.184 e. The first-order valence-electron chi connectivity index (χ1n) is 5.77. The molecule has 0 amide bonds. The molecule has 0 aliphatic carbocycles. The molecule has 0 atom stereocenters. The van der Waals surface area contributed by atoms with Gasteiger partial charge in [-0.3, -0.25) is 0 Å². The molecule has 0 heterocycles. The molecule has 2 rings (SSSR count). The maximum absolute atomic E-state index is 5.44. The molecule has 0 unspecified atom stereocenters. The van der Waals surface area contributed by atoms with E-state index in [-0.39, 0.29) is 0 Å². The van der Waals surface area contributed by atoms with Crippen molar-refractivity contribution in [3.8, 4) is 11.5 Å². The summed E-state index contributed by atoms with van der Waals surface area (Å²) >= 11 is 0. The van der Waals surface area contributed by atoms with E-state index in [0.717, 1.165) is 22.9 Å². The standard InChI is InChI=1S/C15H17NO2/c1-16(12-8-5-4-6-9-12)13-10-7-11-14(17-2)15(13)18-3/h4-11H,1-3H3. The molecule has 0 fully saturated rings. The van der Waals surface area contributed by atoms with Crippen molar-refractivity contribution in [1.29, 1.82) is 0 Å². The molecule has 0 aliphatic rings. The van der Waals surface area contributed by atoms with E-state index in [0.29, 0.717) is 0 Å². The Hall–Kier alpha value is -2.16. The lowest BCUT2D eigenvalue weighted by Gasteiger charge is -2.22. The van der Waals surface area contributed by atoms with E-state index in [9.17, 15) is 0 Å². The highest BCUT2D eigenvalue weighted by Gasteiger charge is 2.13. The maximum Gasteiger partial charge on any atom is 0.184 e. The first-order chi connectivity index (χ1) is 8.77. The van der Waals surface area contributed by atoms with E-state index in [2.05, 4.69) is 17.0 Å². The molecule has 0 N–H and O–H groups in total. The number of para-hydroxylation sites is 2. The second-order valence-corrected chi connectivity index (χ2v) is 3.91. The third-order valence-corrected chi connectivity index (χ3v) is 2.89. The van der Waals surface area contributed by atoms with Crippen LogP contribution in [-0.4, -0.2) is 21.3 Å². The van der Waals surface area contributed by atoms with Gasteiger partial charge in [0.15, 0.2) is 11.5 Å². The number of benzene rings is 2. The number of methoxy groups -OCH3 is 2. The molecule has 0 saturated heterocycles. The molecule has 0 radical (unpaired) electrons. The number of rotatable bonds is 4. The summed E-state index contributed by atoms with van der Waals surface area (Å²) in [7, 11) is 5.30. The molecule has 0 aliphatic heterocycles. The van der Waals surface area contributed by atoms with Crippen molar-refractivity contribution >= 4 is 11.4 Å². The molecule has 3 nitrogen and oxygen atoms in total. The molecule has 3 heteroatoms. The van der Waals surface area contributed by atoms with Crippen molar-refractivity contribution in [2.45, 2.75) is 0 Å². The minimum absolute atomic E-state index is 0.734. The van der Waals surface area contributed by atoms with Gasteiger partial charge >= 0.3 is 0 Å². The molecule has 2 aromatic rings. The minimum Gasteiger partial charge on any atom is -0.493 e. The van der Waals surface area contributed by atoms with Crippen LogP contribution in [0.2, 0.25) is 0 Å². The number of nitrogens with zero attached hydrogens (tertiary/aromatic N) is 1. The monoisotopic (exact) mass is 243 g/mol. The summed E-state index contributed by atoms with van der Waals surface area (Å²) < 4.78 is 10.8. The average Bonchev–Trinajstić information content (AvgIpc) is 2.46. The maximum atomic E-state index is 5.44. The molecule has 18 heavy (non-hydrogen) atoms. The third-order valence-electron chi connectivity index (χ3n) is 2.89. The van der Waals surface area contributed by atoms with Gasteiger partial charge in [-0.15, -0.1) is 0 Å². The summed E-state index contributed by atoms with van der Waals surface area (Å²) in [6, 6.07) is 16.0. The van der Waals surface area contributed by atoms with Gasteiger partial charge in [-0.1, -0.05) is 24.3 Å². The third kappa shape index (κ3) is 2.25. The lowest BCUT2D eigenvalue weighted by molar-refractivity contribution is 0.356. The Bertz CT molecular complexity index is 511. The normalized spacial score (nSPS) is 9.94. The van der Waals surface area contributed by atoms with Crippen molar-refractivity contribution in [1.82, 2.24) is 0 Å². The summed E-state index contributed by atoms with van der Waals surface area (Å²) in [6.07, 6.45) is 0. The highest BCUT2D eigenvalue weighted by atomic mass is 16.5. The van der Waals surface area contributed by atoms with Gasteiger partial charge in [0.2, 0.25) is 0 Å². The van der Waals surface area contributed by atoms with Crippen molar-refractivity contribution < 1.29 is 9.47 Å². The van der Waals surface area contributed by atoms with Crippen LogP contribution in [0.15, 0.2) is 48.5 Å². The Labute approximate surface area is 108 Å². The van der Waals surface area contributed by atoms with E-state index in [4.69, 9.17) is 9.47 Å². The first-order valence-corrected chi connectivity index (χ1v) is 5.77. The highest BCUT2D eigenvalue weighted by molar-refractivity contribution is 5.71. The lowest BCUT2D eigenvalue weighted by Crippen LogP contribution is -2.10. The summed E-state index contributed by atoms with van der Waals surface area (Å²) in [5.41, 5.74) is 2.08. The van der Waals surface area contributed by atoms with Gasteiger partial charge in [0.25, 0.3) is 0 Å². The Kier molecular flexibility index (Phi) is 3.72. The van der Waals surface area contributed by atoms with Gasteiger partial charge in [-0.2, -0.15) is 0 Å². The fourth-order valence-electron chi connectivity index (χ4n) is 1.92. The van der Waals surface area contributed by atoms with E-state index in [1.54, 1.807) is 14.2 Å². The predicted octanol–water partition coefficient (Wildman–Crippen LogP) is 3.47. The molecule has 2 aromatic carbocycles. The fraction of sp³-hybridized carbons (Fsp3) is 0.200. The highest BCUT2D eigenvalue weighted by Crippen LogP contribution is 2.39. The Morgan fingerprint density at radius 2 is 1.56 bits per heavy atom. The van der Waals surface area contributed by atoms with Gasteiger partial charge in [0.05, 0.1) is 19.9 Å². The minimum atomic E-state index is 0.734. The van der Waals surface area contributed by atoms with Crippen LogP contribution in [0.4, 0.5) is 11.4 Å². The van der Waals surface area contributed by atoms with Gasteiger partial charge in [0.1, 0.15) is 0 Å². The summed E-state index contributed by atoms with van der Waals surface area (Å²) in [5, 5.41) is 0. The summed E-state index contributed by atoms with van der Waals surface area (Å²) in [4.78, 5) is 2.07. The van der Waals surface area contributed by atoms with Gasteiger partial charge < -0.3 is 14.4 Å². The lowest BCUT2D eigenvalue weighted by atomic mass is 10.2. The van der Waals surface area contributed by atoms with Crippen LogP contribution in [0.1, 0.15) is 0 Å². The fourth-order valence-corrected chi connectivity index (χ4v) is 1.92. The van der Waals surface area contributed by atoms with Crippen molar-refractivity contribution in [2.75, 3.05) is 26.2 Å². The quantitative estimate of drug-likeness (QED) is 0.820. The zero-order valence-corrected chi connectivity index (χ0v) is 10.9. The zero-order chi connectivity index (χ0) is 13.0. The van der Waals surface area contributed by atoms with E-state index < -0.39 is 0 Å². The summed E-state index contributed by atoms with van der Waals surface area (Å²) in [6.45, 7) is 0. The number of hydrogen-bond donors (Lipinski definition) is 0. The van der Waals surface area contributed by atoms with Gasteiger partial charge in [-0.05, 0) is 24.3 Å². The van der Waals surface area contributed by atoms with Crippen LogP contribution >= 0.6 is 0 Å². The molecule has 0 spiro atoms. The molecule has 0 bridgehead atoms. The molecular formula is C15H17NO2. The van der Waals surface area contributed by atoms with Crippen LogP contribution in [0.3, 0.4) is 0 Å². The van der Waals surface area contributed by atoms with Crippen LogP contribution in [-0.2, 0) is 0 Å². The average molecular weight is 243 g/mol. The first kappa shape index (κ1) is 12.3. The van der Waals surface area contributed by atoms with Crippen molar-refractivity contribution in [2.24, 2.45) is 0 Å². The van der Waals surface area contributed by atoms with Crippen LogP contribution in [0, 0.1) is 0 Å². The second kappa shape index (κ2) is 5.45. The molecule has 0 aromatic heterocycles. The van der Waals surface area contributed by atoms with E-state index in [1.165, 1.54) is 0 Å². The topological polar surface area (TPSA) is 21.7 Å². The van der Waals surface area contributed by atoms with Crippen LogP contribution in [0.25, 0.3) is 0 Å². The molecular weight excluding hydrogens is 226 g/mol. The van der Waals surface area contributed by atoms with Crippen LogP contribution < -0.4 is 14.4 Å². The Morgan fingerprint density at radius 1 is 0.833 bits per heavy atom. The molecule has 94 valence electrons. The number of ether oxygens (including phenoxy) is 2. The Morgan fingerprint density at radius 3 is 2.17 bits per heavy atom. The van der Waals surface area contributed by atoms with Crippen molar-refractivity contribution in [3.63, 3.8) is 0 Å². The Balaban J connectivity index is 2.45. The van der Waals surface area contributed by atoms with Crippen molar-refractivity contribution in [3.05, 3.63) is 48.5 Å². The number of hydrogen-bond acceptors (Lipinski definition) is 3. The van der Waals surface area contributed by atoms with Gasteiger partial charge in [-0.25, -0.2) is 0 Å². The largest absolute Gasteiger partial charge is 0.493 e. The predicted molar refractivity (Wildman–Crippen MR) is 74.1 cm³/mol. The SMILES string of the molecule is COc1cccc(N(C)c2ccccc2)c1OC. The van der Waals surface area contributed by atoms with E-state index in [1.807, 2.05) is 43.4 Å². The second-order valence-electron chi connectivity index (χ2n) is 3.91. The van der Waals surface area contributed by atoms with Gasteiger partial charge in [0, 0.05) is 12.7 Å². The van der Waals surface area contributed by atoms with Crippen LogP contribution in [0.5, 0.6) is 11.5 Å².